The molecule has 4 heterocycles. The Bertz CT molecular complexity index is 761. The van der Waals surface area contributed by atoms with Crippen molar-refractivity contribution in [3.05, 3.63) is 31.0 Å². The minimum absolute atomic E-state index is 0.409. The van der Waals surface area contributed by atoms with Gasteiger partial charge >= 0.3 is 0 Å². The molecule has 7 nitrogen and oxygen atoms in total. The average molecular weight is 297 g/mol. The van der Waals surface area contributed by atoms with Gasteiger partial charge in [0, 0.05) is 26.0 Å². The standard InChI is InChI=1S/C15H19N7/c1-20-14-13(9-19-20)15(17-11-16-14)22-8-3-2-5-12(22)10-21-7-4-6-18-21/h4,6-7,9,11-12H,2-3,5,8,10H2,1H3/t12-/m1/s1. The van der Waals surface area contributed by atoms with Crippen LogP contribution in [0.1, 0.15) is 19.3 Å². The zero-order valence-electron chi connectivity index (χ0n) is 12.6. The maximum absolute atomic E-state index is 4.56. The van der Waals surface area contributed by atoms with Crippen molar-refractivity contribution < 1.29 is 0 Å². The lowest BCUT2D eigenvalue weighted by Crippen LogP contribution is -2.43. The van der Waals surface area contributed by atoms with E-state index in [4.69, 9.17) is 0 Å². The molecule has 114 valence electrons. The summed E-state index contributed by atoms with van der Waals surface area (Å²) >= 11 is 0. The lowest BCUT2D eigenvalue weighted by atomic mass is 10.0. The summed E-state index contributed by atoms with van der Waals surface area (Å²) in [5, 5.41) is 9.69. The number of aromatic nitrogens is 6. The molecule has 0 saturated carbocycles. The van der Waals surface area contributed by atoms with Crippen molar-refractivity contribution in [2.45, 2.75) is 31.8 Å². The first-order valence-electron chi connectivity index (χ1n) is 7.70. The van der Waals surface area contributed by atoms with Crippen LogP contribution in [0.2, 0.25) is 0 Å². The van der Waals surface area contributed by atoms with Crippen molar-refractivity contribution in [1.29, 1.82) is 0 Å². The van der Waals surface area contributed by atoms with Gasteiger partial charge in [0.15, 0.2) is 5.65 Å². The predicted octanol–water partition coefficient (Wildman–Crippen LogP) is 1.62. The molecule has 0 spiro atoms. The monoisotopic (exact) mass is 297 g/mol. The van der Waals surface area contributed by atoms with Crippen LogP contribution in [0.25, 0.3) is 11.0 Å². The molecule has 1 saturated heterocycles. The molecule has 1 atom stereocenters. The number of hydrogen-bond acceptors (Lipinski definition) is 5. The van der Waals surface area contributed by atoms with E-state index in [1.807, 2.05) is 36.4 Å². The van der Waals surface area contributed by atoms with E-state index in [9.17, 15) is 0 Å². The molecule has 1 fully saturated rings. The SMILES string of the molecule is Cn1ncc2c(N3CCCC[C@@H]3Cn3cccn3)ncnc21. The third kappa shape index (κ3) is 2.22. The average Bonchev–Trinajstić information content (AvgIpc) is 3.18. The molecule has 22 heavy (non-hydrogen) atoms. The summed E-state index contributed by atoms with van der Waals surface area (Å²) in [4.78, 5) is 11.3. The predicted molar refractivity (Wildman–Crippen MR) is 83.5 cm³/mol. The van der Waals surface area contributed by atoms with Crippen LogP contribution < -0.4 is 4.90 Å². The van der Waals surface area contributed by atoms with E-state index in [0.717, 1.165) is 36.4 Å². The molecule has 0 amide bonds. The summed E-state index contributed by atoms with van der Waals surface area (Å²) in [5.41, 5.74) is 0.883. The number of rotatable bonds is 3. The van der Waals surface area contributed by atoms with E-state index in [1.165, 1.54) is 12.8 Å². The highest BCUT2D eigenvalue weighted by atomic mass is 15.3. The molecule has 0 radical (unpaired) electrons. The maximum Gasteiger partial charge on any atom is 0.163 e. The zero-order valence-corrected chi connectivity index (χ0v) is 12.6. The number of aryl methyl sites for hydroxylation is 1. The van der Waals surface area contributed by atoms with Crippen molar-refractivity contribution in [3.8, 4) is 0 Å². The van der Waals surface area contributed by atoms with Crippen LogP contribution in [-0.4, -0.2) is 42.1 Å². The van der Waals surface area contributed by atoms with E-state index in [1.54, 1.807) is 11.0 Å². The molecule has 1 aliphatic heterocycles. The number of nitrogens with zero attached hydrogens (tertiary/aromatic N) is 7. The van der Waals surface area contributed by atoms with Crippen LogP contribution >= 0.6 is 0 Å². The Balaban J connectivity index is 1.71. The summed E-state index contributed by atoms with van der Waals surface area (Å²) in [6.45, 7) is 1.91. The lowest BCUT2D eigenvalue weighted by Gasteiger charge is -2.36. The summed E-state index contributed by atoms with van der Waals surface area (Å²) < 4.78 is 3.80. The minimum atomic E-state index is 0.409. The van der Waals surface area contributed by atoms with Crippen LogP contribution in [0.4, 0.5) is 5.82 Å². The van der Waals surface area contributed by atoms with Gasteiger partial charge in [-0.25, -0.2) is 9.97 Å². The number of hydrogen-bond donors (Lipinski definition) is 0. The highest BCUT2D eigenvalue weighted by Crippen LogP contribution is 2.29. The Morgan fingerprint density at radius 1 is 1.23 bits per heavy atom. The van der Waals surface area contributed by atoms with Gasteiger partial charge in [-0.2, -0.15) is 10.2 Å². The first-order chi connectivity index (χ1) is 10.8. The van der Waals surface area contributed by atoms with Crippen molar-refractivity contribution in [2.75, 3.05) is 11.4 Å². The fraction of sp³-hybridized carbons (Fsp3) is 0.467. The molecule has 3 aromatic rings. The van der Waals surface area contributed by atoms with Gasteiger partial charge in [-0.05, 0) is 25.3 Å². The van der Waals surface area contributed by atoms with Crippen LogP contribution in [0, 0.1) is 0 Å². The summed E-state index contributed by atoms with van der Waals surface area (Å²) in [5.74, 6) is 0.995. The smallest absolute Gasteiger partial charge is 0.163 e. The summed E-state index contributed by atoms with van der Waals surface area (Å²) in [6, 6.07) is 2.38. The molecule has 0 aliphatic carbocycles. The number of anilines is 1. The highest BCUT2D eigenvalue weighted by molar-refractivity contribution is 5.86. The Morgan fingerprint density at radius 3 is 3.05 bits per heavy atom. The molecular formula is C15H19N7. The first kappa shape index (κ1) is 13.2. The van der Waals surface area contributed by atoms with Crippen molar-refractivity contribution >= 4 is 16.9 Å². The van der Waals surface area contributed by atoms with Gasteiger partial charge in [-0.1, -0.05) is 0 Å². The molecule has 0 bridgehead atoms. The van der Waals surface area contributed by atoms with Gasteiger partial charge in [0.25, 0.3) is 0 Å². The normalized spacial score (nSPS) is 19.0. The Labute approximate surface area is 128 Å². The maximum atomic E-state index is 4.56. The second-order valence-corrected chi connectivity index (χ2v) is 5.77. The second-order valence-electron chi connectivity index (χ2n) is 5.77. The van der Waals surface area contributed by atoms with Crippen LogP contribution in [0.15, 0.2) is 31.0 Å². The third-order valence-corrected chi connectivity index (χ3v) is 4.36. The zero-order chi connectivity index (χ0) is 14.9. The number of fused-ring (bicyclic) bond motifs is 1. The summed E-state index contributed by atoms with van der Waals surface area (Å²) in [7, 11) is 1.91. The van der Waals surface area contributed by atoms with Gasteiger partial charge in [-0.15, -0.1) is 0 Å². The minimum Gasteiger partial charge on any atom is -0.351 e. The molecule has 1 aliphatic rings. The van der Waals surface area contributed by atoms with Crippen LogP contribution in [-0.2, 0) is 13.6 Å². The lowest BCUT2D eigenvalue weighted by molar-refractivity contribution is 0.397. The molecule has 0 aromatic carbocycles. The Morgan fingerprint density at radius 2 is 2.18 bits per heavy atom. The third-order valence-electron chi connectivity index (χ3n) is 4.36. The molecule has 3 aromatic heterocycles. The van der Waals surface area contributed by atoms with Gasteiger partial charge < -0.3 is 4.90 Å². The van der Waals surface area contributed by atoms with Gasteiger partial charge in [-0.3, -0.25) is 9.36 Å². The van der Waals surface area contributed by atoms with Gasteiger partial charge in [0.05, 0.1) is 24.2 Å². The molecule has 0 unspecified atom stereocenters. The van der Waals surface area contributed by atoms with E-state index >= 15 is 0 Å². The Kier molecular flexibility index (Phi) is 3.25. The van der Waals surface area contributed by atoms with Gasteiger partial charge in [0.2, 0.25) is 0 Å². The fourth-order valence-electron chi connectivity index (χ4n) is 3.27. The summed E-state index contributed by atoms with van der Waals surface area (Å²) in [6.07, 6.45) is 11.0. The van der Waals surface area contributed by atoms with Gasteiger partial charge in [0.1, 0.15) is 12.1 Å². The van der Waals surface area contributed by atoms with Crippen molar-refractivity contribution in [1.82, 2.24) is 29.5 Å². The molecular weight excluding hydrogens is 278 g/mol. The second kappa shape index (κ2) is 5.40. The Hall–Kier alpha value is -2.44. The first-order valence-corrected chi connectivity index (χ1v) is 7.70. The van der Waals surface area contributed by atoms with E-state index in [0.29, 0.717) is 6.04 Å². The highest BCUT2D eigenvalue weighted by Gasteiger charge is 2.26. The molecule has 0 N–H and O–H groups in total. The van der Waals surface area contributed by atoms with E-state index in [2.05, 4.69) is 25.1 Å². The van der Waals surface area contributed by atoms with Crippen LogP contribution in [0.5, 0.6) is 0 Å². The topological polar surface area (TPSA) is 64.7 Å². The van der Waals surface area contributed by atoms with E-state index < -0.39 is 0 Å². The quantitative estimate of drug-likeness (QED) is 0.735. The van der Waals surface area contributed by atoms with Crippen LogP contribution in [0.3, 0.4) is 0 Å². The fourth-order valence-corrected chi connectivity index (χ4v) is 3.27. The molecule has 7 heteroatoms. The molecule has 4 rings (SSSR count). The van der Waals surface area contributed by atoms with Crippen molar-refractivity contribution in [2.24, 2.45) is 7.05 Å². The van der Waals surface area contributed by atoms with Crippen molar-refractivity contribution in [3.63, 3.8) is 0 Å². The number of piperidine rings is 1. The largest absolute Gasteiger partial charge is 0.351 e. The van der Waals surface area contributed by atoms with E-state index in [-0.39, 0.29) is 0 Å².